The standard InChI is InChI=1S/C25H31F3N6O3S/c26-25(27,28)37-21-7-3-4-8-22(21)38(35,36)32-16-18-11-9-17(10-12-18)15-31-24-33-20-6-2-1-5-19(20)23(34-24)30-14-13-29/h1-8,17-18,32H,9-16,29H2,(H2,30,31,33,34). The average Bonchev–Trinajstić information content (AvgIpc) is 2.89. The minimum Gasteiger partial charge on any atom is -0.404 e. The molecule has 206 valence electrons. The molecule has 5 N–H and O–H groups in total. The summed E-state index contributed by atoms with van der Waals surface area (Å²) in [5.41, 5.74) is 6.45. The van der Waals surface area contributed by atoms with Crippen LogP contribution in [-0.4, -0.2) is 50.9 Å². The van der Waals surface area contributed by atoms with Crippen LogP contribution in [0.15, 0.2) is 53.4 Å². The second-order valence-electron chi connectivity index (χ2n) is 9.24. The van der Waals surface area contributed by atoms with Gasteiger partial charge in [0, 0.05) is 31.6 Å². The van der Waals surface area contributed by atoms with Crippen molar-refractivity contribution in [3.05, 3.63) is 48.5 Å². The summed E-state index contributed by atoms with van der Waals surface area (Å²) in [4.78, 5) is 8.68. The van der Waals surface area contributed by atoms with Crippen LogP contribution in [0.25, 0.3) is 10.9 Å². The molecule has 1 aromatic heterocycles. The number of para-hydroxylation sites is 2. The van der Waals surface area contributed by atoms with E-state index in [0.717, 1.165) is 54.5 Å². The molecule has 13 heteroatoms. The molecule has 0 spiro atoms. The van der Waals surface area contributed by atoms with Gasteiger partial charge in [0.25, 0.3) is 0 Å². The van der Waals surface area contributed by atoms with Gasteiger partial charge in [0.2, 0.25) is 16.0 Å². The summed E-state index contributed by atoms with van der Waals surface area (Å²) < 4.78 is 69.8. The number of hydrogen-bond acceptors (Lipinski definition) is 8. The van der Waals surface area contributed by atoms with E-state index in [0.29, 0.717) is 31.5 Å². The molecular weight excluding hydrogens is 521 g/mol. The molecule has 1 fully saturated rings. The first kappa shape index (κ1) is 27.9. The van der Waals surface area contributed by atoms with E-state index in [4.69, 9.17) is 5.73 Å². The second-order valence-corrected chi connectivity index (χ2v) is 11.0. The first-order valence-electron chi connectivity index (χ1n) is 12.4. The molecule has 4 rings (SSSR count). The predicted molar refractivity (Wildman–Crippen MR) is 139 cm³/mol. The highest BCUT2D eigenvalue weighted by Crippen LogP contribution is 2.31. The molecule has 1 aliphatic rings. The Labute approximate surface area is 219 Å². The molecule has 0 unspecified atom stereocenters. The van der Waals surface area contributed by atoms with Crippen LogP contribution in [0.3, 0.4) is 0 Å². The Kier molecular flexibility index (Phi) is 8.90. The number of fused-ring (bicyclic) bond motifs is 1. The molecule has 2 aromatic carbocycles. The summed E-state index contributed by atoms with van der Waals surface area (Å²) in [7, 11) is -4.17. The summed E-state index contributed by atoms with van der Waals surface area (Å²) in [6, 6.07) is 12.4. The van der Waals surface area contributed by atoms with E-state index in [9.17, 15) is 21.6 Å². The van der Waals surface area contributed by atoms with E-state index in [1.807, 2.05) is 24.3 Å². The highest BCUT2D eigenvalue weighted by atomic mass is 32.2. The summed E-state index contributed by atoms with van der Waals surface area (Å²) in [5.74, 6) is 0.944. The van der Waals surface area contributed by atoms with Crippen molar-refractivity contribution in [1.82, 2.24) is 14.7 Å². The molecule has 1 saturated carbocycles. The van der Waals surface area contributed by atoms with Gasteiger partial charge in [0.05, 0.1) is 5.52 Å². The van der Waals surface area contributed by atoms with Gasteiger partial charge in [-0.1, -0.05) is 24.3 Å². The smallest absolute Gasteiger partial charge is 0.404 e. The van der Waals surface area contributed by atoms with Gasteiger partial charge >= 0.3 is 6.36 Å². The minimum atomic E-state index is -4.99. The maximum atomic E-state index is 12.7. The lowest BCUT2D eigenvalue weighted by Crippen LogP contribution is -2.33. The lowest BCUT2D eigenvalue weighted by Gasteiger charge is -2.28. The van der Waals surface area contributed by atoms with E-state index in [1.54, 1.807) is 0 Å². The Morgan fingerprint density at radius 3 is 2.29 bits per heavy atom. The summed E-state index contributed by atoms with van der Waals surface area (Å²) in [6.07, 6.45) is -1.66. The second kappa shape index (κ2) is 12.1. The zero-order valence-corrected chi connectivity index (χ0v) is 21.5. The van der Waals surface area contributed by atoms with Crippen molar-refractivity contribution in [3.63, 3.8) is 0 Å². The molecule has 0 bridgehead atoms. The lowest BCUT2D eigenvalue weighted by molar-refractivity contribution is -0.275. The van der Waals surface area contributed by atoms with Gasteiger partial charge in [0.15, 0.2) is 0 Å². The number of nitrogens with zero attached hydrogens (tertiary/aromatic N) is 2. The van der Waals surface area contributed by atoms with Gasteiger partial charge in [-0.3, -0.25) is 0 Å². The van der Waals surface area contributed by atoms with Crippen molar-refractivity contribution in [1.29, 1.82) is 0 Å². The van der Waals surface area contributed by atoms with Crippen molar-refractivity contribution in [2.24, 2.45) is 17.6 Å². The van der Waals surface area contributed by atoms with E-state index in [2.05, 4.69) is 30.1 Å². The fourth-order valence-electron chi connectivity index (χ4n) is 4.54. The molecule has 0 aliphatic heterocycles. The van der Waals surface area contributed by atoms with Gasteiger partial charge in [-0.25, -0.2) is 18.1 Å². The zero-order chi connectivity index (χ0) is 27.2. The Morgan fingerprint density at radius 1 is 0.921 bits per heavy atom. The third kappa shape index (κ3) is 7.45. The number of halogens is 3. The molecule has 38 heavy (non-hydrogen) atoms. The van der Waals surface area contributed by atoms with Crippen molar-refractivity contribution in [2.75, 3.05) is 36.8 Å². The molecular formula is C25H31F3N6O3S. The van der Waals surface area contributed by atoms with E-state index >= 15 is 0 Å². The van der Waals surface area contributed by atoms with E-state index in [-0.39, 0.29) is 12.5 Å². The highest BCUT2D eigenvalue weighted by molar-refractivity contribution is 7.89. The molecule has 0 radical (unpaired) electrons. The van der Waals surface area contributed by atoms with Gasteiger partial charge in [-0.05, 0) is 61.8 Å². The lowest BCUT2D eigenvalue weighted by atomic mass is 9.82. The van der Waals surface area contributed by atoms with E-state index in [1.165, 1.54) is 12.1 Å². The monoisotopic (exact) mass is 552 g/mol. The fraction of sp³-hybridized carbons (Fsp3) is 0.440. The number of rotatable bonds is 11. The molecule has 1 aliphatic carbocycles. The topological polar surface area (TPSA) is 131 Å². The van der Waals surface area contributed by atoms with E-state index < -0.39 is 27.0 Å². The number of ether oxygens (including phenoxy) is 1. The van der Waals surface area contributed by atoms with Crippen LogP contribution in [0.4, 0.5) is 24.9 Å². The van der Waals surface area contributed by atoms with Gasteiger partial charge in [-0.2, -0.15) is 4.98 Å². The van der Waals surface area contributed by atoms with Crippen molar-refractivity contribution >= 4 is 32.7 Å². The van der Waals surface area contributed by atoms with Crippen LogP contribution >= 0.6 is 0 Å². The highest BCUT2D eigenvalue weighted by Gasteiger charge is 2.34. The van der Waals surface area contributed by atoms with Crippen molar-refractivity contribution in [2.45, 2.75) is 36.9 Å². The summed E-state index contributed by atoms with van der Waals surface area (Å²) in [5, 5.41) is 7.49. The van der Waals surface area contributed by atoms with Gasteiger partial charge in [-0.15, -0.1) is 13.2 Å². The largest absolute Gasteiger partial charge is 0.573 e. The van der Waals surface area contributed by atoms with Crippen LogP contribution in [0, 0.1) is 11.8 Å². The normalized spacial score (nSPS) is 18.3. The van der Waals surface area contributed by atoms with Crippen LogP contribution in [0.5, 0.6) is 5.75 Å². The first-order chi connectivity index (χ1) is 18.1. The maximum absolute atomic E-state index is 12.7. The van der Waals surface area contributed by atoms with Crippen LogP contribution in [0.2, 0.25) is 0 Å². The number of aromatic nitrogens is 2. The summed E-state index contributed by atoms with van der Waals surface area (Å²) in [6.45, 7) is 1.89. The third-order valence-electron chi connectivity index (χ3n) is 6.48. The molecule has 0 atom stereocenters. The number of sulfonamides is 1. The molecule has 0 saturated heterocycles. The number of hydrogen-bond donors (Lipinski definition) is 4. The molecule has 3 aromatic rings. The number of benzene rings is 2. The zero-order valence-electron chi connectivity index (χ0n) is 20.7. The quantitative estimate of drug-likeness (QED) is 0.280. The van der Waals surface area contributed by atoms with Gasteiger partial charge in [0.1, 0.15) is 16.5 Å². The number of nitrogens with two attached hydrogens (primary N) is 1. The Bertz CT molecular complexity index is 1330. The fourth-order valence-corrected chi connectivity index (χ4v) is 5.79. The molecule has 1 heterocycles. The molecule has 9 nitrogen and oxygen atoms in total. The predicted octanol–water partition coefficient (Wildman–Crippen LogP) is 4.10. The summed E-state index contributed by atoms with van der Waals surface area (Å²) >= 11 is 0. The number of anilines is 2. The Morgan fingerprint density at radius 2 is 1.58 bits per heavy atom. The molecule has 0 amide bonds. The first-order valence-corrected chi connectivity index (χ1v) is 13.9. The Hall–Kier alpha value is -3.16. The number of nitrogens with one attached hydrogen (secondary N) is 3. The number of alkyl halides is 3. The third-order valence-corrected chi connectivity index (χ3v) is 7.94. The van der Waals surface area contributed by atoms with Crippen LogP contribution < -0.4 is 25.8 Å². The van der Waals surface area contributed by atoms with Crippen LogP contribution in [0.1, 0.15) is 25.7 Å². The van der Waals surface area contributed by atoms with Crippen molar-refractivity contribution < 1.29 is 26.3 Å². The maximum Gasteiger partial charge on any atom is 0.573 e. The van der Waals surface area contributed by atoms with Crippen LogP contribution in [-0.2, 0) is 10.0 Å². The van der Waals surface area contributed by atoms with Gasteiger partial charge < -0.3 is 21.1 Å². The Balaban J connectivity index is 1.29. The average molecular weight is 553 g/mol. The minimum absolute atomic E-state index is 0.0840. The van der Waals surface area contributed by atoms with Crippen molar-refractivity contribution in [3.8, 4) is 5.75 Å². The SMILES string of the molecule is NCCNc1nc(NCC2CCC(CNS(=O)(=O)c3ccccc3OC(F)(F)F)CC2)nc2ccccc12.